The number of imidazole rings is 1. The smallest absolute Gasteiger partial charge is 0.175 e. The molecule has 0 bridgehead atoms. The fourth-order valence-electron chi connectivity index (χ4n) is 1.17. The molecule has 0 atom stereocenters. The highest BCUT2D eigenvalue weighted by Gasteiger charge is 2.06. The Balaban J connectivity index is 2.72. The Morgan fingerprint density at radius 1 is 1.54 bits per heavy atom. The van der Waals surface area contributed by atoms with Gasteiger partial charge in [-0.2, -0.15) is 0 Å². The molecule has 0 aliphatic heterocycles. The minimum absolute atomic E-state index is 0.267. The lowest BCUT2D eigenvalue weighted by Crippen LogP contribution is -1.89. The number of rotatable bonds is 1. The molecule has 1 aromatic carbocycles. The third kappa shape index (κ3) is 1.45. The average molecular weight is 245 g/mol. The summed E-state index contributed by atoms with van der Waals surface area (Å²) in [7, 11) is 0. The monoisotopic (exact) mass is 244 g/mol. The number of hydrogen-bond donors (Lipinski definition) is 2. The molecule has 5 heteroatoms. The summed E-state index contributed by atoms with van der Waals surface area (Å²) in [5.41, 5.74) is 1.52. The average Bonchev–Trinajstić information content (AvgIpc) is 2.42. The summed E-state index contributed by atoms with van der Waals surface area (Å²) in [5.74, 6) is -0.436. The first-order valence-corrected chi connectivity index (χ1v) is 4.44. The van der Waals surface area contributed by atoms with Gasteiger partial charge < -0.3 is 10.1 Å². The molecule has 0 fully saturated rings. The fraction of sp³-hybridized carbons (Fsp3) is 0.125. The molecule has 0 amide bonds. The van der Waals surface area contributed by atoms with E-state index in [-0.39, 0.29) is 12.2 Å². The zero-order chi connectivity index (χ0) is 9.42. The van der Waals surface area contributed by atoms with Crippen molar-refractivity contribution >= 4 is 27.0 Å². The molecular weight excluding hydrogens is 239 g/mol. The summed E-state index contributed by atoms with van der Waals surface area (Å²) in [4.78, 5) is 6.88. The lowest BCUT2D eigenvalue weighted by molar-refractivity contribution is 0.276. The third-order valence-corrected chi connectivity index (χ3v) is 2.17. The van der Waals surface area contributed by atoms with E-state index >= 15 is 0 Å². The van der Waals surface area contributed by atoms with Crippen LogP contribution in [-0.2, 0) is 6.61 Å². The van der Waals surface area contributed by atoms with Gasteiger partial charge in [0.15, 0.2) is 4.73 Å². The van der Waals surface area contributed by atoms with Gasteiger partial charge in [0.1, 0.15) is 5.82 Å². The summed E-state index contributed by atoms with van der Waals surface area (Å²) < 4.78 is 13.7. The molecule has 0 aliphatic carbocycles. The van der Waals surface area contributed by atoms with Crippen molar-refractivity contribution in [1.82, 2.24) is 9.97 Å². The van der Waals surface area contributed by atoms with Crippen molar-refractivity contribution in [2.24, 2.45) is 0 Å². The normalized spacial score (nSPS) is 11.0. The van der Waals surface area contributed by atoms with Crippen LogP contribution in [0.3, 0.4) is 0 Å². The molecule has 0 unspecified atom stereocenters. The fourth-order valence-corrected chi connectivity index (χ4v) is 1.57. The Bertz CT molecular complexity index is 455. The number of nitrogens with zero attached hydrogens (tertiary/aromatic N) is 1. The molecule has 2 N–H and O–H groups in total. The topological polar surface area (TPSA) is 48.9 Å². The Morgan fingerprint density at radius 3 is 3.00 bits per heavy atom. The van der Waals surface area contributed by atoms with Crippen LogP contribution < -0.4 is 0 Å². The van der Waals surface area contributed by atoms with Gasteiger partial charge in [0.05, 0.1) is 17.6 Å². The number of aromatic nitrogens is 2. The van der Waals surface area contributed by atoms with Crippen LogP contribution in [0.15, 0.2) is 16.9 Å². The highest BCUT2D eigenvalue weighted by atomic mass is 79.9. The van der Waals surface area contributed by atoms with Gasteiger partial charge in [0.2, 0.25) is 0 Å². The molecule has 0 spiro atoms. The van der Waals surface area contributed by atoms with E-state index in [1.165, 1.54) is 6.07 Å². The van der Waals surface area contributed by atoms with Crippen molar-refractivity contribution in [3.8, 4) is 0 Å². The van der Waals surface area contributed by atoms with Gasteiger partial charge in [0.25, 0.3) is 0 Å². The minimum atomic E-state index is -0.436. The Morgan fingerprint density at radius 2 is 2.31 bits per heavy atom. The largest absolute Gasteiger partial charge is 0.392 e. The summed E-state index contributed by atoms with van der Waals surface area (Å²) in [6, 6.07) is 2.84. The van der Waals surface area contributed by atoms with E-state index in [0.717, 1.165) is 0 Å². The highest BCUT2D eigenvalue weighted by Crippen LogP contribution is 2.19. The lowest BCUT2D eigenvalue weighted by atomic mass is 10.2. The zero-order valence-electron chi connectivity index (χ0n) is 6.51. The van der Waals surface area contributed by atoms with Crippen molar-refractivity contribution in [3.63, 3.8) is 0 Å². The van der Waals surface area contributed by atoms with Crippen molar-refractivity contribution < 1.29 is 9.50 Å². The number of nitrogens with one attached hydrogen (secondary N) is 1. The second-order valence-electron chi connectivity index (χ2n) is 2.65. The van der Waals surface area contributed by atoms with E-state index in [2.05, 4.69) is 25.9 Å². The molecule has 13 heavy (non-hydrogen) atoms. The molecule has 2 rings (SSSR count). The van der Waals surface area contributed by atoms with Crippen LogP contribution in [0.5, 0.6) is 0 Å². The molecule has 68 valence electrons. The molecular formula is C8H6BrFN2O. The maximum absolute atomic E-state index is 13.1. The summed E-state index contributed by atoms with van der Waals surface area (Å²) in [6.07, 6.45) is 0. The molecule has 0 radical (unpaired) electrons. The molecule has 3 nitrogen and oxygen atoms in total. The van der Waals surface area contributed by atoms with Crippen molar-refractivity contribution in [1.29, 1.82) is 0 Å². The number of fused-ring (bicyclic) bond motifs is 1. The first kappa shape index (κ1) is 8.65. The molecule has 2 aromatic rings. The summed E-state index contributed by atoms with van der Waals surface area (Å²) in [6.45, 7) is -0.307. The first-order valence-electron chi connectivity index (χ1n) is 3.65. The van der Waals surface area contributed by atoms with Crippen LogP contribution in [0.1, 0.15) is 5.56 Å². The number of aliphatic hydroxyl groups is 1. The Hall–Kier alpha value is -0.940. The van der Waals surface area contributed by atoms with Gasteiger partial charge in [0, 0.05) is 11.6 Å². The van der Waals surface area contributed by atoms with Gasteiger partial charge in [-0.25, -0.2) is 9.37 Å². The highest BCUT2D eigenvalue weighted by molar-refractivity contribution is 9.10. The molecule has 1 heterocycles. The summed E-state index contributed by atoms with van der Waals surface area (Å²) >= 11 is 3.14. The minimum Gasteiger partial charge on any atom is -0.392 e. The van der Waals surface area contributed by atoms with E-state index in [1.807, 2.05) is 0 Å². The van der Waals surface area contributed by atoms with E-state index < -0.39 is 5.82 Å². The molecule has 0 aliphatic rings. The Kier molecular flexibility index (Phi) is 2.05. The van der Waals surface area contributed by atoms with Crippen molar-refractivity contribution in [2.45, 2.75) is 6.61 Å². The predicted octanol–water partition coefficient (Wildman–Crippen LogP) is 1.96. The number of hydrogen-bond acceptors (Lipinski definition) is 2. The van der Waals surface area contributed by atoms with Gasteiger partial charge in [-0.1, -0.05) is 0 Å². The molecule has 1 aromatic heterocycles. The van der Waals surface area contributed by atoms with E-state index in [1.54, 1.807) is 6.07 Å². The first-order chi connectivity index (χ1) is 6.20. The molecule has 0 saturated carbocycles. The number of halogens is 2. The van der Waals surface area contributed by atoms with E-state index in [0.29, 0.717) is 15.8 Å². The number of H-pyrrole nitrogens is 1. The molecule has 0 saturated heterocycles. The van der Waals surface area contributed by atoms with Crippen LogP contribution in [-0.4, -0.2) is 15.1 Å². The van der Waals surface area contributed by atoms with Gasteiger partial charge >= 0.3 is 0 Å². The second-order valence-corrected chi connectivity index (χ2v) is 3.40. The quantitative estimate of drug-likeness (QED) is 0.806. The van der Waals surface area contributed by atoms with E-state index in [9.17, 15) is 4.39 Å². The predicted molar refractivity (Wildman–Crippen MR) is 49.7 cm³/mol. The van der Waals surface area contributed by atoms with Crippen LogP contribution in [0, 0.1) is 5.82 Å². The van der Waals surface area contributed by atoms with Gasteiger partial charge in [-0.05, 0) is 22.0 Å². The van der Waals surface area contributed by atoms with Gasteiger partial charge in [-0.15, -0.1) is 0 Å². The van der Waals surface area contributed by atoms with Crippen LogP contribution in [0.25, 0.3) is 11.0 Å². The number of aromatic amines is 1. The Labute approximate surface area is 81.7 Å². The van der Waals surface area contributed by atoms with Crippen molar-refractivity contribution in [3.05, 3.63) is 28.2 Å². The standard InChI is InChI=1S/C8H6BrFN2O/c9-8-11-6-1-4(3-13)5(10)2-7(6)12-8/h1-2,13H,3H2,(H,11,12). The number of benzene rings is 1. The summed E-state index contributed by atoms with van der Waals surface area (Å²) in [5, 5.41) is 8.80. The van der Waals surface area contributed by atoms with E-state index in [4.69, 9.17) is 5.11 Å². The van der Waals surface area contributed by atoms with Crippen molar-refractivity contribution in [2.75, 3.05) is 0 Å². The maximum atomic E-state index is 13.1. The second kappa shape index (κ2) is 3.08. The number of aliphatic hydroxyl groups excluding tert-OH is 1. The maximum Gasteiger partial charge on any atom is 0.175 e. The van der Waals surface area contributed by atoms with Crippen LogP contribution in [0.4, 0.5) is 4.39 Å². The SMILES string of the molecule is OCc1cc2[nH]c(Br)nc2cc1F. The third-order valence-electron chi connectivity index (χ3n) is 1.79. The van der Waals surface area contributed by atoms with Gasteiger partial charge in [-0.3, -0.25) is 0 Å². The zero-order valence-corrected chi connectivity index (χ0v) is 8.10. The lowest BCUT2D eigenvalue weighted by Gasteiger charge is -1.97. The van der Waals surface area contributed by atoms with Crippen LogP contribution >= 0.6 is 15.9 Å². The van der Waals surface area contributed by atoms with Crippen LogP contribution in [0.2, 0.25) is 0 Å².